The molecule has 3 heterocycles. The van der Waals surface area contributed by atoms with Crippen LogP contribution in [0.1, 0.15) is 30.4 Å². The largest absolute Gasteiger partial charge is 0.493 e. The third kappa shape index (κ3) is 4.43. The van der Waals surface area contributed by atoms with Gasteiger partial charge in [-0.2, -0.15) is 0 Å². The van der Waals surface area contributed by atoms with Crippen LogP contribution in [0.5, 0.6) is 5.75 Å². The van der Waals surface area contributed by atoms with Crippen LogP contribution in [0.2, 0.25) is 0 Å². The van der Waals surface area contributed by atoms with Gasteiger partial charge in [-0.3, -0.25) is 0 Å². The van der Waals surface area contributed by atoms with Crippen molar-refractivity contribution in [2.75, 3.05) is 30.3 Å². The van der Waals surface area contributed by atoms with Gasteiger partial charge in [0.05, 0.1) is 24.4 Å². The highest BCUT2D eigenvalue weighted by Gasteiger charge is 2.36. The predicted molar refractivity (Wildman–Crippen MR) is 130 cm³/mol. The minimum absolute atomic E-state index is 0.0186. The van der Waals surface area contributed by atoms with Gasteiger partial charge in [0.15, 0.2) is 14.9 Å². The van der Waals surface area contributed by atoms with Gasteiger partial charge < -0.3 is 14.2 Å². The highest BCUT2D eigenvalue weighted by atomic mass is 32.2. The summed E-state index contributed by atoms with van der Waals surface area (Å²) in [6.45, 7) is 3.77. The Morgan fingerprint density at radius 2 is 1.94 bits per heavy atom. The van der Waals surface area contributed by atoms with Gasteiger partial charge in [-0.05, 0) is 30.4 Å². The number of hydrogen-bond acceptors (Lipinski definition) is 5. The van der Waals surface area contributed by atoms with Crippen LogP contribution in [-0.2, 0) is 23.3 Å². The van der Waals surface area contributed by atoms with E-state index in [1.54, 1.807) is 11.6 Å². The molecule has 1 fully saturated rings. The van der Waals surface area contributed by atoms with E-state index in [4.69, 9.17) is 4.74 Å². The molecule has 5 rings (SSSR count). The summed E-state index contributed by atoms with van der Waals surface area (Å²) in [6, 6.07) is 13.8. The van der Waals surface area contributed by atoms with Crippen molar-refractivity contribution < 1.29 is 17.5 Å². The number of aromatic nitrogens is 2. The summed E-state index contributed by atoms with van der Waals surface area (Å²) in [7, 11) is -1.71. The smallest absolute Gasteiger partial charge is 0.197 e. The number of sulfone groups is 1. The van der Waals surface area contributed by atoms with Crippen LogP contribution in [0.3, 0.4) is 0 Å². The van der Waals surface area contributed by atoms with E-state index < -0.39 is 9.84 Å². The van der Waals surface area contributed by atoms with Gasteiger partial charge in [0.2, 0.25) is 0 Å². The molecule has 0 amide bonds. The number of hydrogen-bond donors (Lipinski definition) is 0. The highest BCUT2D eigenvalue weighted by molar-refractivity contribution is 7.91. The minimum Gasteiger partial charge on any atom is -0.493 e. The molecule has 2 unspecified atom stereocenters. The number of fused-ring (bicyclic) bond motifs is 1. The maximum Gasteiger partial charge on any atom is 0.197 e. The lowest BCUT2D eigenvalue weighted by Gasteiger charge is -2.42. The number of rotatable bonds is 7. The maximum absolute atomic E-state index is 15.1. The normalized spacial score (nSPS) is 20.5. The van der Waals surface area contributed by atoms with Crippen LogP contribution in [0, 0.1) is 17.7 Å². The summed E-state index contributed by atoms with van der Waals surface area (Å²) < 4.78 is 47.9. The SMILES string of the molecule is CCC1COc2cc(F)c(N3CC(CS(=O)(=O)c4cn(C)cn4)C3)cc2C1Cc1ccccc1. The Morgan fingerprint density at radius 1 is 1.18 bits per heavy atom. The van der Waals surface area contributed by atoms with Crippen LogP contribution < -0.4 is 9.64 Å². The van der Waals surface area contributed by atoms with E-state index >= 15 is 4.39 Å². The summed E-state index contributed by atoms with van der Waals surface area (Å²) in [5.41, 5.74) is 2.83. The Bertz CT molecular complexity index is 1270. The second-order valence-electron chi connectivity index (χ2n) is 9.55. The van der Waals surface area contributed by atoms with E-state index in [1.165, 1.54) is 24.2 Å². The highest BCUT2D eigenvalue weighted by Crippen LogP contribution is 2.44. The van der Waals surface area contributed by atoms with Gasteiger partial charge in [-0.15, -0.1) is 0 Å². The first-order valence-corrected chi connectivity index (χ1v) is 13.4. The average Bonchev–Trinajstić information content (AvgIpc) is 3.24. The first kappa shape index (κ1) is 22.9. The number of aryl methyl sites for hydroxylation is 1. The number of halogens is 1. The Kier molecular flexibility index (Phi) is 6.10. The molecule has 8 heteroatoms. The molecule has 0 bridgehead atoms. The van der Waals surface area contributed by atoms with Crippen LogP contribution in [0.4, 0.5) is 10.1 Å². The summed E-state index contributed by atoms with van der Waals surface area (Å²) in [4.78, 5) is 5.92. The van der Waals surface area contributed by atoms with Gasteiger partial charge in [0.1, 0.15) is 11.6 Å². The van der Waals surface area contributed by atoms with Crippen molar-refractivity contribution in [2.45, 2.75) is 30.7 Å². The van der Waals surface area contributed by atoms with Crippen molar-refractivity contribution in [3.8, 4) is 5.75 Å². The Balaban J connectivity index is 1.34. The van der Waals surface area contributed by atoms with E-state index in [0.29, 0.717) is 37.1 Å². The molecule has 2 aliphatic rings. The first-order chi connectivity index (χ1) is 16.3. The van der Waals surface area contributed by atoms with E-state index in [0.717, 1.165) is 18.4 Å². The molecule has 0 aliphatic carbocycles. The van der Waals surface area contributed by atoms with Crippen molar-refractivity contribution in [3.05, 3.63) is 71.9 Å². The number of anilines is 1. The monoisotopic (exact) mass is 483 g/mol. The third-order valence-corrected chi connectivity index (χ3v) is 8.83. The quantitative estimate of drug-likeness (QED) is 0.504. The fraction of sp³-hybridized carbons (Fsp3) is 0.423. The van der Waals surface area contributed by atoms with Crippen LogP contribution >= 0.6 is 0 Å². The van der Waals surface area contributed by atoms with Gasteiger partial charge in [-0.1, -0.05) is 37.3 Å². The van der Waals surface area contributed by atoms with Gasteiger partial charge in [0.25, 0.3) is 0 Å². The molecule has 0 saturated carbocycles. The standard InChI is InChI=1S/C26H30FN3O3S/c1-3-20-15-33-25-11-23(27)24(10-22(25)21(20)9-18-7-5-4-6-8-18)30-12-19(13-30)16-34(31,32)26-14-29(2)17-28-26/h4-8,10-11,14,17,19-21H,3,9,12-13,15-16H2,1-2H3. The maximum atomic E-state index is 15.1. The molecule has 0 spiro atoms. The number of ether oxygens (including phenoxy) is 1. The van der Waals surface area contributed by atoms with Crippen molar-refractivity contribution in [3.63, 3.8) is 0 Å². The first-order valence-electron chi connectivity index (χ1n) is 11.8. The molecule has 0 N–H and O–H groups in total. The zero-order valence-corrected chi connectivity index (χ0v) is 20.3. The molecule has 6 nitrogen and oxygen atoms in total. The van der Waals surface area contributed by atoms with Crippen molar-refractivity contribution in [1.29, 1.82) is 0 Å². The summed E-state index contributed by atoms with van der Waals surface area (Å²) >= 11 is 0. The molecular weight excluding hydrogens is 453 g/mol. The molecule has 34 heavy (non-hydrogen) atoms. The molecule has 180 valence electrons. The van der Waals surface area contributed by atoms with Gasteiger partial charge in [-0.25, -0.2) is 17.8 Å². The van der Waals surface area contributed by atoms with Gasteiger partial charge in [0, 0.05) is 49.8 Å². The molecule has 2 atom stereocenters. The number of imidazole rings is 1. The lowest BCUT2D eigenvalue weighted by atomic mass is 9.78. The molecular formula is C26H30FN3O3S. The van der Waals surface area contributed by atoms with Crippen molar-refractivity contribution in [2.24, 2.45) is 18.9 Å². The number of benzene rings is 2. The van der Waals surface area contributed by atoms with Crippen LogP contribution in [-0.4, -0.2) is 43.4 Å². The van der Waals surface area contributed by atoms with Crippen LogP contribution in [0.25, 0.3) is 0 Å². The lowest BCUT2D eigenvalue weighted by molar-refractivity contribution is 0.187. The Morgan fingerprint density at radius 3 is 2.62 bits per heavy atom. The van der Waals surface area contributed by atoms with Crippen molar-refractivity contribution >= 4 is 15.5 Å². The second kappa shape index (κ2) is 9.06. The fourth-order valence-electron chi connectivity index (χ4n) is 5.15. The summed E-state index contributed by atoms with van der Waals surface area (Å²) in [5.74, 6) is 0.878. The number of nitrogens with zero attached hydrogens (tertiary/aromatic N) is 3. The average molecular weight is 484 g/mol. The lowest BCUT2D eigenvalue weighted by Crippen LogP contribution is -2.50. The molecule has 0 radical (unpaired) electrons. The predicted octanol–water partition coefficient (Wildman–Crippen LogP) is 4.21. The topological polar surface area (TPSA) is 64.4 Å². The fourth-order valence-corrected chi connectivity index (χ4v) is 6.68. The zero-order chi connectivity index (χ0) is 23.9. The summed E-state index contributed by atoms with van der Waals surface area (Å²) in [5, 5.41) is 0.0971. The minimum atomic E-state index is -3.46. The Hall–Kier alpha value is -2.87. The summed E-state index contributed by atoms with van der Waals surface area (Å²) in [6.07, 6.45) is 4.87. The molecule has 1 aromatic heterocycles. The molecule has 1 saturated heterocycles. The van der Waals surface area contributed by atoms with E-state index in [1.807, 2.05) is 29.2 Å². The van der Waals surface area contributed by atoms with E-state index in [9.17, 15) is 8.42 Å². The molecule has 2 aliphatic heterocycles. The Labute approximate surface area is 200 Å². The van der Waals surface area contributed by atoms with Crippen molar-refractivity contribution in [1.82, 2.24) is 9.55 Å². The van der Waals surface area contributed by atoms with E-state index in [2.05, 4.69) is 24.0 Å². The zero-order valence-electron chi connectivity index (χ0n) is 19.5. The van der Waals surface area contributed by atoms with Gasteiger partial charge >= 0.3 is 0 Å². The van der Waals surface area contributed by atoms with Crippen LogP contribution in [0.15, 0.2) is 60.0 Å². The second-order valence-corrected chi connectivity index (χ2v) is 11.5. The molecule has 2 aromatic carbocycles. The third-order valence-electron chi connectivity index (χ3n) is 7.08. The molecule has 3 aromatic rings. The van der Waals surface area contributed by atoms with E-state index in [-0.39, 0.29) is 28.4 Å².